The minimum Gasteiger partial charge on any atom is -0.476 e. The summed E-state index contributed by atoms with van der Waals surface area (Å²) in [5.74, 6) is -6.09. The van der Waals surface area contributed by atoms with Gasteiger partial charge in [0.1, 0.15) is 0 Å². The molecule has 0 aromatic rings. The number of rotatable bonds is 9. The minimum atomic E-state index is -1.33. The highest BCUT2D eigenvalue weighted by Gasteiger charge is 2.08. The van der Waals surface area contributed by atoms with Gasteiger partial charge in [0, 0.05) is 19.3 Å². The molecule has 0 saturated heterocycles. The van der Waals surface area contributed by atoms with Gasteiger partial charge in [0.05, 0.1) is 0 Å². The average Bonchev–Trinajstić information content (AvgIpc) is 2.49. The van der Waals surface area contributed by atoms with Gasteiger partial charge in [-0.3, -0.25) is 14.4 Å². The summed E-state index contributed by atoms with van der Waals surface area (Å²) in [6.45, 7) is 5.29. The van der Waals surface area contributed by atoms with E-state index >= 15 is 0 Å². The maximum Gasteiger partial charge on any atom is 0.372 e. The quantitative estimate of drug-likeness (QED) is 0.521. The molecule has 0 aliphatic heterocycles. The van der Waals surface area contributed by atoms with Gasteiger partial charge >= 0.3 is 17.9 Å². The highest BCUT2D eigenvalue weighted by atomic mass is 16.4. The van der Waals surface area contributed by atoms with Gasteiger partial charge in [0.15, 0.2) is 0 Å². The first-order valence-corrected chi connectivity index (χ1v) is 7.33. The molecule has 0 spiro atoms. The Bertz CT molecular complexity index is 385. The van der Waals surface area contributed by atoms with Crippen molar-refractivity contribution in [1.82, 2.24) is 0 Å². The molecular weight excluding hydrogens is 324 g/mol. The summed E-state index contributed by atoms with van der Waals surface area (Å²) in [6, 6.07) is 0. The van der Waals surface area contributed by atoms with Crippen LogP contribution >= 0.6 is 0 Å². The number of carbonyl (C=O) groups is 6. The van der Waals surface area contributed by atoms with Crippen molar-refractivity contribution in [2.45, 2.75) is 59.3 Å². The largest absolute Gasteiger partial charge is 0.476 e. The number of ketones is 3. The SMILES string of the molecule is CCCC(=O)C(=O)O.CCCC(=O)C(=O)O.CCCC(=O)C(=O)O. The summed E-state index contributed by atoms with van der Waals surface area (Å²) in [6.07, 6.45) is 2.25. The molecule has 0 aromatic heterocycles. The van der Waals surface area contributed by atoms with Gasteiger partial charge in [-0.15, -0.1) is 0 Å². The van der Waals surface area contributed by atoms with E-state index in [0.29, 0.717) is 19.3 Å². The second kappa shape index (κ2) is 16.8. The van der Waals surface area contributed by atoms with Crippen molar-refractivity contribution in [3.05, 3.63) is 0 Å². The number of aliphatic carboxylic acids is 3. The summed E-state index contributed by atoms with van der Waals surface area (Å²) >= 11 is 0. The lowest BCUT2D eigenvalue weighted by Crippen LogP contribution is -2.10. The predicted octanol–water partition coefficient (Wildman–Crippen LogP) is 1.32. The molecule has 9 heteroatoms. The number of carboxylic acids is 3. The van der Waals surface area contributed by atoms with Crippen LogP contribution in [-0.2, 0) is 28.8 Å². The van der Waals surface area contributed by atoms with Crippen molar-refractivity contribution in [1.29, 1.82) is 0 Å². The Morgan fingerprint density at radius 3 is 0.708 bits per heavy atom. The fourth-order valence-corrected chi connectivity index (χ4v) is 1.00. The summed E-state index contributed by atoms with van der Waals surface area (Å²) in [7, 11) is 0. The first-order chi connectivity index (χ1) is 11.0. The Balaban J connectivity index is -0.000000276. The van der Waals surface area contributed by atoms with Crippen LogP contribution in [0.4, 0.5) is 0 Å². The maximum absolute atomic E-state index is 10.1. The van der Waals surface area contributed by atoms with E-state index < -0.39 is 35.3 Å². The van der Waals surface area contributed by atoms with Gasteiger partial charge in [-0.25, -0.2) is 14.4 Å². The molecule has 0 atom stereocenters. The van der Waals surface area contributed by atoms with E-state index in [1.807, 2.05) is 0 Å². The fraction of sp³-hybridized carbons (Fsp3) is 0.600. The molecule has 0 radical (unpaired) electrons. The molecule has 0 fully saturated rings. The zero-order valence-corrected chi connectivity index (χ0v) is 14.0. The van der Waals surface area contributed by atoms with E-state index in [-0.39, 0.29) is 19.3 Å². The van der Waals surface area contributed by atoms with Crippen LogP contribution in [0, 0.1) is 0 Å². The Labute approximate surface area is 139 Å². The first-order valence-electron chi connectivity index (χ1n) is 7.33. The van der Waals surface area contributed by atoms with Crippen LogP contribution in [0.2, 0.25) is 0 Å². The summed E-state index contributed by atoms with van der Waals surface area (Å²) in [5.41, 5.74) is 0. The topological polar surface area (TPSA) is 163 Å². The number of carboxylic acid groups (broad SMARTS) is 3. The summed E-state index contributed by atoms with van der Waals surface area (Å²) < 4.78 is 0. The average molecular weight is 348 g/mol. The van der Waals surface area contributed by atoms with E-state index in [2.05, 4.69) is 0 Å². The van der Waals surface area contributed by atoms with Crippen molar-refractivity contribution >= 4 is 35.3 Å². The monoisotopic (exact) mass is 348 g/mol. The molecule has 0 rings (SSSR count). The molecule has 9 nitrogen and oxygen atoms in total. The van der Waals surface area contributed by atoms with Gasteiger partial charge in [0.2, 0.25) is 17.3 Å². The number of hydrogen-bond acceptors (Lipinski definition) is 6. The molecule has 0 aliphatic rings. The van der Waals surface area contributed by atoms with Crippen molar-refractivity contribution in [2.24, 2.45) is 0 Å². The number of Topliss-reactive ketones (excluding diaryl/α,β-unsaturated/α-hetero) is 3. The van der Waals surface area contributed by atoms with Crippen LogP contribution in [0.25, 0.3) is 0 Å². The third-order valence-electron chi connectivity index (χ3n) is 2.15. The maximum atomic E-state index is 10.1. The normalized spacial score (nSPS) is 8.62. The molecule has 24 heavy (non-hydrogen) atoms. The van der Waals surface area contributed by atoms with Gasteiger partial charge < -0.3 is 15.3 Å². The smallest absolute Gasteiger partial charge is 0.372 e. The molecular formula is C15H24O9. The van der Waals surface area contributed by atoms with E-state index in [9.17, 15) is 28.8 Å². The molecule has 0 amide bonds. The summed E-state index contributed by atoms with van der Waals surface area (Å²) in [5, 5.41) is 23.9. The lowest BCUT2D eigenvalue weighted by molar-refractivity contribution is -0.149. The van der Waals surface area contributed by atoms with Crippen LogP contribution in [0.15, 0.2) is 0 Å². The van der Waals surface area contributed by atoms with E-state index in [1.165, 1.54) is 0 Å². The molecule has 138 valence electrons. The van der Waals surface area contributed by atoms with Gasteiger partial charge in [-0.05, 0) is 19.3 Å². The zero-order chi connectivity index (χ0) is 19.7. The van der Waals surface area contributed by atoms with E-state index in [4.69, 9.17) is 15.3 Å². The standard InChI is InChI=1S/3C5H8O3/c3*1-2-3-4(6)5(7)8/h3*2-3H2,1H3,(H,7,8). The van der Waals surface area contributed by atoms with Crippen LogP contribution in [0.1, 0.15) is 59.3 Å². The lowest BCUT2D eigenvalue weighted by atomic mass is 10.2. The zero-order valence-electron chi connectivity index (χ0n) is 14.0. The van der Waals surface area contributed by atoms with Gasteiger partial charge in [0.25, 0.3) is 0 Å². The van der Waals surface area contributed by atoms with Crippen molar-refractivity contribution in [3.63, 3.8) is 0 Å². The van der Waals surface area contributed by atoms with Crippen molar-refractivity contribution in [2.75, 3.05) is 0 Å². The lowest BCUT2D eigenvalue weighted by Gasteiger charge is -1.85. The third kappa shape index (κ3) is 19.4. The molecule has 3 N–H and O–H groups in total. The van der Waals surface area contributed by atoms with E-state index in [1.54, 1.807) is 20.8 Å². The molecule has 0 unspecified atom stereocenters. The first kappa shape index (κ1) is 26.3. The summed E-state index contributed by atoms with van der Waals surface area (Å²) in [4.78, 5) is 59.6. The second-order valence-electron chi connectivity index (χ2n) is 4.43. The number of carbonyl (C=O) groups excluding carboxylic acids is 3. The second-order valence-corrected chi connectivity index (χ2v) is 4.43. The molecule has 0 heterocycles. The Hall–Kier alpha value is -2.58. The Morgan fingerprint density at radius 1 is 0.500 bits per heavy atom. The van der Waals surface area contributed by atoms with E-state index in [0.717, 1.165) is 0 Å². The van der Waals surface area contributed by atoms with Crippen LogP contribution in [0.3, 0.4) is 0 Å². The molecule has 0 aromatic carbocycles. The van der Waals surface area contributed by atoms with Gasteiger partial charge in [-0.2, -0.15) is 0 Å². The van der Waals surface area contributed by atoms with Crippen molar-refractivity contribution < 1.29 is 44.1 Å². The number of hydrogen-bond donors (Lipinski definition) is 3. The third-order valence-corrected chi connectivity index (χ3v) is 2.15. The van der Waals surface area contributed by atoms with Crippen LogP contribution < -0.4 is 0 Å². The Kier molecular flexibility index (Phi) is 18.4. The van der Waals surface area contributed by atoms with Crippen molar-refractivity contribution in [3.8, 4) is 0 Å². The Morgan fingerprint density at radius 2 is 0.667 bits per heavy atom. The fourth-order valence-electron chi connectivity index (χ4n) is 1.00. The molecule has 0 aliphatic carbocycles. The van der Waals surface area contributed by atoms with Gasteiger partial charge in [-0.1, -0.05) is 20.8 Å². The highest BCUT2D eigenvalue weighted by molar-refractivity contribution is 6.33. The van der Waals surface area contributed by atoms with Crippen LogP contribution in [0.5, 0.6) is 0 Å². The molecule has 0 saturated carbocycles. The van der Waals surface area contributed by atoms with Crippen LogP contribution in [-0.4, -0.2) is 50.6 Å². The predicted molar refractivity (Wildman–Crippen MR) is 82.7 cm³/mol. The highest BCUT2D eigenvalue weighted by Crippen LogP contribution is 1.88. The molecule has 0 bridgehead atoms. The minimum absolute atomic E-state index is 0.148.